The van der Waals surface area contributed by atoms with Crippen molar-refractivity contribution in [2.24, 2.45) is 0 Å². The lowest BCUT2D eigenvalue weighted by Crippen LogP contribution is -2.49. The molecule has 0 saturated carbocycles. The molecule has 9 heteroatoms. The SMILES string of the molecule is Cc1cc(C)c(N2CCN(C(=O)c3ccc(N4CCCC4=O)cc3N3CCNC3=O)CC2)nc1C. The van der Waals surface area contributed by atoms with Crippen LogP contribution in [0.4, 0.5) is 22.0 Å². The molecule has 9 nitrogen and oxygen atoms in total. The van der Waals surface area contributed by atoms with Crippen molar-refractivity contribution in [1.29, 1.82) is 0 Å². The number of hydrogen-bond acceptors (Lipinski definition) is 5. The van der Waals surface area contributed by atoms with Crippen LogP contribution in [0.1, 0.15) is 40.0 Å². The fourth-order valence-electron chi connectivity index (χ4n) is 5.16. The Morgan fingerprint density at radius 3 is 2.34 bits per heavy atom. The number of amides is 4. The average Bonchev–Trinajstić information content (AvgIpc) is 3.48. The largest absolute Gasteiger partial charge is 0.353 e. The first-order valence-electron chi connectivity index (χ1n) is 12.3. The molecule has 0 bridgehead atoms. The van der Waals surface area contributed by atoms with Gasteiger partial charge in [0, 0.05) is 63.6 Å². The van der Waals surface area contributed by atoms with E-state index in [-0.39, 0.29) is 17.8 Å². The van der Waals surface area contributed by atoms with Gasteiger partial charge < -0.3 is 20.0 Å². The molecule has 0 aliphatic carbocycles. The summed E-state index contributed by atoms with van der Waals surface area (Å²) in [6.07, 6.45) is 1.34. The molecule has 1 N–H and O–H groups in total. The lowest BCUT2D eigenvalue weighted by molar-refractivity contribution is -0.117. The van der Waals surface area contributed by atoms with Gasteiger partial charge in [-0.1, -0.05) is 6.07 Å². The lowest BCUT2D eigenvalue weighted by Gasteiger charge is -2.37. The number of piperazine rings is 1. The number of pyridine rings is 1. The topological polar surface area (TPSA) is 89.1 Å². The Morgan fingerprint density at radius 1 is 0.914 bits per heavy atom. The van der Waals surface area contributed by atoms with Crippen LogP contribution in [0.5, 0.6) is 0 Å². The highest BCUT2D eigenvalue weighted by Crippen LogP contribution is 2.32. The van der Waals surface area contributed by atoms with E-state index in [0.717, 1.165) is 29.2 Å². The molecule has 4 amide bonds. The number of nitrogens with one attached hydrogen (secondary N) is 1. The van der Waals surface area contributed by atoms with Crippen molar-refractivity contribution in [3.05, 3.63) is 46.6 Å². The maximum absolute atomic E-state index is 13.6. The quantitative estimate of drug-likeness (QED) is 0.733. The Morgan fingerprint density at radius 2 is 1.69 bits per heavy atom. The van der Waals surface area contributed by atoms with Crippen LogP contribution in [0, 0.1) is 20.8 Å². The van der Waals surface area contributed by atoms with Crippen molar-refractivity contribution in [3.63, 3.8) is 0 Å². The summed E-state index contributed by atoms with van der Waals surface area (Å²) in [6.45, 7) is 10.4. The van der Waals surface area contributed by atoms with Crippen LogP contribution in [0.3, 0.4) is 0 Å². The number of aromatic nitrogens is 1. The van der Waals surface area contributed by atoms with E-state index in [9.17, 15) is 14.4 Å². The summed E-state index contributed by atoms with van der Waals surface area (Å²) < 4.78 is 0. The third-order valence-electron chi connectivity index (χ3n) is 7.24. The number of carbonyl (C=O) groups is 3. The van der Waals surface area contributed by atoms with Crippen molar-refractivity contribution in [1.82, 2.24) is 15.2 Å². The second kappa shape index (κ2) is 9.20. The molecule has 3 saturated heterocycles. The number of nitrogens with zero attached hydrogens (tertiary/aromatic N) is 5. The van der Waals surface area contributed by atoms with Crippen molar-refractivity contribution in [2.45, 2.75) is 33.6 Å². The van der Waals surface area contributed by atoms with E-state index < -0.39 is 0 Å². The molecule has 3 aliphatic heterocycles. The molecule has 0 unspecified atom stereocenters. The van der Waals surface area contributed by atoms with E-state index in [0.29, 0.717) is 63.5 Å². The van der Waals surface area contributed by atoms with Crippen molar-refractivity contribution >= 4 is 35.0 Å². The number of hydrogen-bond donors (Lipinski definition) is 1. The fourth-order valence-corrected chi connectivity index (χ4v) is 5.16. The van der Waals surface area contributed by atoms with E-state index in [4.69, 9.17) is 4.98 Å². The number of urea groups is 1. The zero-order chi connectivity index (χ0) is 24.7. The summed E-state index contributed by atoms with van der Waals surface area (Å²) in [7, 11) is 0. The summed E-state index contributed by atoms with van der Waals surface area (Å²) >= 11 is 0. The molecule has 35 heavy (non-hydrogen) atoms. The fraction of sp³-hybridized carbons (Fsp3) is 0.462. The van der Waals surface area contributed by atoms with Gasteiger partial charge >= 0.3 is 6.03 Å². The summed E-state index contributed by atoms with van der Waals surface area (Å²) in [4.78, 5) is 50.7. The minimum absolute atomic E-state index is 0.0762. The third kappa shape index (κ3) is 4.31. The predicted octanol–water partition coefficient (Wildman–Crippen LogP) is 2.63. The molecule has 0 spiro atoms. The molecule has 3 fully saturated rings. The van der Waals surface area contributed by atoms with E-state index >= 15 is 0 Å². The molecule has 5 rings (SSSR count). The first kappa shape index (κ1) is 23.1. The van der Waals surface area contributed by atoms with E-state index in [1.165, 1.54) is 5.56 Å². The van der Waals surface area contributed by atoms with Crippen molar-refractivity contribution in [3.8, 4) is 0 Å². The summed E-state index contributed by atoms with van der Waals surface area (Å²) in [5, 5.41) is 2.82. The minimum atomic E-state index is -0.218. The highest BCUT2D eigenvalue weighted by molar-refractivity contribution is 6.07. The summed E-state index contributed by atoms with van der Waals surface area (Å²) in [5.41, 5.74) is 5.14. The van der Waals surface area contributed by atoms with Crippen molar-refractivity contribution < 1.29 is 14.4 Å². The number of aryl methyl sites for hydroxylation is 3. The lowest BCUT2D eigenvalue weighted by atomic mass is 10.1. The summed E-state index contributed by atoms with van der Waals surface area (Å²) in [5.74, 6) is 0.963. The third-order valence-corrected chi connectivity index (χ3v) is 7.24. The molecule has 1 aromatic heterocycles. The number of anilines is 3. The smallest absolute Gasteiger partial charge is 0.322 e. The van der Waals surface area contributed by atoms with Gasteiger partial charge in [0.15, 0.2) is 0 Å². The van der Waals surface area contributed by atoms with Crippen molar-refractivity contribution in [2.75, 3.05) is 60.5 Å². The number of carbonyl (C=O) groups excluding carboxylic acids is 3. The van der Waals surface area contributed by atoms with E-state index in [1.807, 2.05) is 24.0 Å². The second-order valence-corrected chi connectivity index (χ2v) is 9.54. The zero-order valence-corrected chi connectivity index (χ0v) is 20.6. The monoisotopic (exact) mass is 476 g/mol. The maximum atomic E-state index is 13.6. The zero-order valence-electron chi connectivity index (χ0n) is 20.6. The van der Waals surface area contributed by atoms with Crippen LogP contribution in [-0.4, -0.2) is 73.5 Å². The first-order chi connectivity index (χ1) is 16.8. The average molecular weight is 477 g/mol. The molecular weight excluding hydrogens is 444 g/mol. The number of benzene rings is 1. The molecule has 0 radical (unpaired) electrons. The highest BCUT2D eigenvalue weighted by atomic mass is 16.2. The van der Waals surface area contributed by atoms with Gasteiger partial charge in [-0.05, 0) is 56.5 Å². The molecule has 4 heterocycles. The van der Waals surface area contributed by atoms with Gasteiger partial charge in [-0.25, -0.2) is 9.78 Å². The van der Waals surface area contributed by atoms with Gasteiger partial charge in [-0.15, -0.1) is 0 Å². The normalized spacial score (nSPS) is 18.5. The summed E-state index contributed by atoms with van der Waals surface area (Å²) in [6, 6.07) is 7.36. The Labute approximate surface area is 205 Å². The Bertz CT molecular complexity index is 1190. The first-order valence-corrected chi connectivity index (χ1v) is 12.3. The standard InChI is InChI=1S/C26H32N6O3/c1-17-15-18(2)24(28-19(17)3)29-11-13-30(14-12-29)25(34)21-7-6-20(31-9-4-5-23(31)33)16-22(21)32-10-8-27-26(32)35/h6-7,15-16H,4-5,8-14H2,1-3H3,(H,27,35). The maximum Gasteiger partial charge on any atom is 0.322 e. The van der Waals surface area contributed by atoms with Gasteiger partial charge in [0.1, 0.15) is 5.82 Å². The van der Waals surface area contributed by atoms with Gasteiger partial charge in [0.05, 0.1) is 11.3 Å². The van der Waals surface area contributed by atoms with Gasteiger partial charge in [-0.2, -0.15) is 0 Å². The van der Waals surface area contributed by atoms with Crippen LogP contribution in [0.15, 0.2) is 24.3 Å². The molecule has 1 aromatic carbocycles. The van der Waals surface area contributed by atoms with Crippen LogP contribution in [-0.2, 0) is 4.79 Å². The van der Waals surface area contributed by atoms with E-state index in [1.54, 1.807) is 15.9 Å². The van der Waals surface area contributed by atoms with Gasteiger partial charge in [-0.3, -0.25) is 14.5 Å². The molecular formula is C26H32N6O3. The highest BCUT2D eigenvalue weighted by Gasteiger charge is 2.31. The molecule has 184 valence electrons. The van der Waals surface area contributed by atoms with Crippen LogP contribution >= 0.6 is 0 Å². The Balaban J connectivity index is 1.38. The van der Waals surface area contributed by atoms with Crippen LogP contribution in [0.25, 0.3) is 0 Å². The van der Waals surface area contributed by atoms with Gasteiger partial charge in [0.2, 0.25) is 5.91 Å². The Kier molecular flexibility index (Phi) is 6.08. The van der Waals surface area contributed by atoms with Crippen LogP contribution in [0.2, 0.25) is 0 Å². The minimum Gasteiger partial charge on any atom is -0.353 e. The molecule has 2 aromatic rings. The number of rotatable bonds is 4. The Hall–Kier alpha value is -3.62. The van der Waals surface area contributed by atoms with Crippen LogP contribution < -0.4 is 20.0 Å². The molecule has 3 aliphatic rings. The second-order valence-electron chi connectivity index (χ2n) is 9.54. The van der Waals surface area contributed by atoms with Gasteiger partial charge in [0.25, 0.3) is 5.91 Å². The predicted molar refractivity (Wildman–Crippen MR) is 135 cm³/mol. The van der Waals surface area contributed by atoms with E-state index in [2.05, 4.69) is 30.1 Å². The molecule has 0 atom stereocenters.